The van der Waals surface area contributed by atoms with Gasteiger partial charge in [0.15, 0.2) is 0 Å². The van der Waals surface area contributed by atoms with E-state index < -0.39 is 12.4 Å². The minimum atomic E-state index is -2.66. The summed E-state index contributed by atoms with van der Waals surface area (Å²) in [5, 5.41) is 8.58. The molecular formula is C9H7ClF2INO2. The van der Waals surface area contributed by atoms with Crippen molar-refractivity contribution in [2.75, 3.05) is 0 Å². The van der Waals surface area contributed by atoms with Gasteiger partial charge in [-0.05, 0) is 28.7 Å². The van der Waals surface area contributed by atoms with E-state index in [9.17, 15) is 13.6 Å². The Morgan fingerprint density at radius 2 is 2.25 bits per heavy atom. The molecular weight excluding hydrogens is 354 g/mol. The van der Waals surface area contributed by atoms with Gasteiger partial charge in [0.25, 0.3) is 6.43 Å². The summed E-state index contributed by atoms with van der Waals surface area (Å²) < 4.78 is 25.6. The molecule has 1 N–H and O–H groups in total. The fourth-order valence-electron chi connectivity index (χ4n) is 1.21. The van der Waals surface area contributed by atoms with Gasteiger partial charge in [0.05, 0.1) is 29.3 Å². The number of rotatable bonds is 4. The molecule has 88 valence electrons. The van der Waals surface area contributed by atoms with E-state index in [0.29, 0.717) is 0 Å². The molecule has 0 saturated heterocycles. The van der Waals surface area contributed by atoms with E-state index in [0.717, 1.165) is 0 Å². The highest BCUT2D eigenvalue weighted by molar-refractivity contribution is 14.1. The van der Waals surface area contributed by atoms with Gasteiger partial charge in [-0.3, -0.25) is 9.78 Å². The molecule has 3 nitrogen and oxygen atoms in total. The van der Waals surface area contributed by atoms with Crippen LogP contribution in [-0.2, 0) is 17.1 Å². The van der Waals surface area contributed by atoms with Gasteiger partial charge in [0, 0.05) is 3.57 Å². The van der Waals surface area contributed by atoms with Crippen molar-refractivity contribution in [2.45, 2.75) is 18.7 Å². The Balaban J connectivity index is 3.20. The van der Waals surface area contributed by atoms with Crippen molar-refractivity contribution in [3.8, 4) is 0 Å². The lowest BCUT2D eigenvalue weighted by Crippen LogP contribution is -2.08. The maximum atomic E-state index is 12.6. The number of aromatic nitrogens is 1. The normalized spacial score (nSPS) is 10.8. The van der Waals surface area contributed by atoms with Crippen molar-refractivity contribution in [3.63, 3.8) is 0 Å². The molecule has 0 spiro atoms. The third-order valence-corrected chi connectivity index (χ3v) is 2.96. The SMILES string of the molecule is O=C(O)Cc1cc(I)c(C(F)F)c(CCl)n1. The van der Waals surface area contributed by atoms with E-state index >= 15 is 0 Å². The van der Waals surface area contributed by atoms with Crippen LogP contribution in [0.25, 0.3) is 0 Å². The number of aliphatic carboxylic acids is 1. The Morgan fingerprint density at radius 1 is 1.62 bits per heavy atom. The molecule has 1 aromatic heterocycles. The Labute approximate surface area is 109 Å². The predicted molar refractivity (Wildman–Crippen MR) is 62.8 cm³/mol. The molecule has 0 aliphatic heterocycles. The first-order valence-electron chi connectivity index (χ1n) is 4.19. The molecule has 0 aliphatic carbocycles. The second kappa shape index (κ2) is 5.72. The number of alkyl halides is 3. The van der Waals surface area contributed by atoms with Crippen molar-refractivity contribution < 1.29 is 18.7 Å². The number of halogens is 4. The zero-order chi connectivity index (χ0) is 12.3. The Kier molecular flexibility index (Phi) is 4.85. The molecule has 1 rings (SSSR count). The topological polar surface area (TPSA) is 50.2 Å². The molecule has 0 radical (unpaired) electrons. The number of pyridine rings is 1. The maximum absolute atomic E-state index is 12.6. The molecule has 1 heterocycles. The fourth-order valence-corrected chi connectivity index (χ4v) is 2.32. The number of nitrogens with zero attached hydrogens (tertiary/aromatic N) is 1. The first kappa shape index (κ1) is 13.6. The van der Waals surface area contributed by atoms with Crippen LogP contribution in [0.15, 0.2) is 6.07 Å². The minimum absolute atomic E-state index is 0.0415. The number of carbonyl (C=O) groups is 1. The number of hydrogen-bond acceptors (Lipinski definition) is 2. The maximum Gasteiger partial charge on any atom is 0.309 e. The number of carboxylic acid groups (broad SMARTS) is 1. The summed E-state index contributed by atoms with van der Waals surface area (Å²) in [6, 6.07) is 1.34. The zero-order valence-corrected chi connectivity index (χ0v) is 10.8. The average molecular weight is 362 g/mol. The molecule has 0 unspecified atom stereocenters. The summed E-state index contributed by atoms with van der Waals surface area (Å²) in [6.07, 6.45) is -2.96. The quantitative estimate of drug-likeness (QED) is 0.662. The van der Waals surface area contributed by atoms with Gasteiger partial charge >= 0.3 is 5.97 Å². The van der Waals surface area contributed by atoms with Crippen LogP contribution in [0.1, 0.15) is 23.4 Å². The van der Waals surface area contributed by atoms with Crippen LogP contribution in [0.4, 0.5) is 8.78 Å². The average Bonchev–Trinajstić information content (AvgIpc) is 2.14. The van der Waals surface area contributed by atoms with E-state index in [1.807, 2.05) is 0 Å². The summed E-state index contributed by atoms with van der Waals surface area (Å²) in [5.74, 6) is -1.23. The predicted octanol–water partition coefficient (Wildman–Crippen LogP) is 2.99. The smallest absolute Gasteiger partial charge is 0.309 e. The first-order valence-corrected chi connectivity index (χ1v) is 5.81. The Morgan fingerprint density at radius 3 is 2.69 bits per heavy atom. The standard InChI is InChI=1S/C9H7ClF2INO2/c10-3-6-8(9(11)12)5(13)1-4(14-6)2-7(15)16/h1,9H,2-3H2,(H,15,16). The van der Waals surface area contributed by atoms with Crippen LogP contribution in [0.3, 0.4) is 0 Å². The summed E-state index contributed by atoms with van der Waals surface area (Å²) in [7, 11) is 0. The summed E-state index contributed by atoms with van der Waals surface area (Å²) >= 11 is 7.24. The molecule has 0 aromatic carbocycles. The van der Waals surface area contributed by atoms with Crippen LogP contribution >= 0.6 is 34.2 Å². The van der Waals surface area contributed by atoms with Crippen LogP contribution < -0.4 is 0 Å². The van der Waals surface area contributed by atoms with E-state index in [1.165, 1.54) is 6.07 Å². The van der Waals surface area contributed by atoms with Crippen molar-refractivity contribution in [1.82, 2.24) is 4.98 Å². The van der Waals surface area contributed by atoms with Crippen LogP contribution in [-0.4, -0.2) is 16.1 Å². The second-order valence-corrected chi connectivity index (χ2v) is 4.39. The van der Waals surface area contributed by atoms with Crippen molar-refractivity contribution in [1.29, 1.82) is 0 Å². The number of hydrogen-bond donors (Lipinski definition) is 1. The highest BCUT2D eigenvalue weighted by Crippen LogP contribution is 2.28. The van der Waals surface area contributed by atoms with Gasteiger partial charge in [-0.25, -0.2) is 8.78 Å². The zero-order valence-electron chi connectivity index (χ0n) is 7.88. The highest BCUT2D eigenvalue weighted by Gasteiger charge is 2.19. The van der Waals surface area contributed by atoms with Crippen LogP contribution in [0.2, 0.25) is 0 Å². The molecule has 0 amide bonds. The van der Waals surface area contributed by atoms with Gasteiger partial charge in [-0.2, -0.15) is 0 Å². The Hall–Kier alpha value is -0.500. The van der Waals surface area contributed by atoms with E-state index in [4.69, 9.17) is 16.7 Å². The Bertz CT molecular complexity index is 415. The van der Waals surface area contributed by atoms with E-state index in [-0.39, 0.29) is 32.8 Å². The molecule has 0 fully saturated rings. The molecule has 0 bridgehead atoms. The van der Waals surface area contributed by atoms with Crippen LogP contribution in [0, 0.1) is 3.57 Å². The van der Waals surface area contributed by atoms with Crippen molar-refractivity contribution >= 4 is 40.2 Å². The minimum Gasteiger partial charge on any atom is -0.481 e. The third-order valence-electron chi connectivity index (χ3n) is 1.82. The van der Waals surface area contributed by atoms with Crippen LogP contribution in [0.5, 0.6) is 0 Å². The first-order chi connectivity index (χ1) is 7.45. The van der Waals surface area contributed by atoms with Crippen molar-refractivity contribution in [3.05, 3.63) is 26.6 Å². The number of carboxylic acids is 1. The third kappa shape index (κ3) is 3.24. The fraction of sp³-hybridized carbons (Fsp3) is 0.333. The van der Waals surface area contributed by atoms with E-state index in [2.05, 4.69) is 4.98 Å². The summed E-state index contributed by atoms with van der Waals surface area (Å²) in [6.45, 7) is 0. The lowest BCUT2D eigenvalue weighted by Gasteiger charge is -2.10. The molecule has 0 atom stereocenters. The highest BCUT2D eigenvalue weighted by atomic mass is 127. The second-order valence-electron chi connectivity index (χ2n) is 2.96. The van der Waals surface area contributed by atoms with Crippen molar-refractivity contribution in [2.24, 2.45) is 0 Å². The van der Waals surface area contributed by atoms with E-state index in [1.54, 1.807) is 22.6 Å². The van der Waals surface area contributed by atoms with Gasteiger partial charge in [-0.15, -0.1) is 11.6 Å². The summed E-state index contributed by atoms with van der Waals surface area (Å²) in [4.78, 5) is 14.3. The van der Waals surface area contributed by atoms with Gasteiger partial charge in [0.1, 0.15) is 0 Å². The lowest BCUT2D eigenvalue weighted by molar-refractivity contribution is -0.136. The molecule has 0 saturated carbocycles. The molecule has 16 heavy (non-hydrogen) atoms. The lowest BCUT2D eigenvalue weighted by atomic mass is 10.1. The monoisotopic (exact) mass is 361 g/mol. The summed E-state index contributed by atoms with van der Waals surface area (Å²) in [5.41, 5.74) is 0.0569. The molecule has 0 aliphatic rings. The molecule has 7 heteroatoms. The van der Waals surface area contributed by atoms with Gasteiger partial charge < -0.3 is 5.11 Å². The largest absolute Gasteiger partial charge is 0.481 e. The van der Waals surface area contributed by atoms with Gasteiger partial charge in [-0.1, -0.05) is 0 Å². The van der Waals surface area contributed by atoms with Gasteiger partial charge in [0.2, 0.25) is 0 Å². The molecule has 1 aromatic rings.